The minimum absolute atomic E-state index is 0.391. The Morgan fingerprint density at radius 2 is 0.227 bits per heavy atom. The molecule has 12 aromatic rings. The van der Waals surface area contributed by atoms with Gasteiger partial charge in [-0.25, -0.2) is 0 Å². The molecule has 0 nitrogen and oxygen atoms in total. The first-order chi connectivity index (χ1) is 43.7. The van der Waals surface area contributed by atoms with Gasteiger partial charge < -0.3 is 0 Å². The van der Waals surface area contributed by atoms with Crippen LogP contribution in [0.25, 0.3) is 0 Å². The molecule has 7 heteroatoms. The topological polar surface area (TPSA) is 0 Å². The summed E-state index contributed by atoms with van der Waals surface area (Å²) in [6.07, 6.45) is 0. The van der Waals surface area contributed by atoms with Crippen LogP contribution in [0.15, 0.2) is 364 Å². The average Bonchev–Trinajstić information content (AvgIpc) is 1.53. The molecule has 88 heavy (non-hydrogen) atoms. The van der Waals surface area contributed by atoms with E-state index in [9.17, 15) is 0 Å². The molecule has 0 N–H and O–H groups in total. The molecule has 0 amide bonds. The third kappa shape index (κ3) is 15.8. The molecular formula is C81H81CrSi6. The Kier molecular flexibility index (Phi) is 21.8. The van der Waals surface area contributed by atoms with Gasteiger partial charge in [0.05, 0.1) is 0 Å². The zero-order valence-corrected chi connectivity index (χ0v) is 60.2. The number of benzene rings is 12. The summed E-state index contributed by atoms with van der Waals surface area (Å²) in [4.78, 5) is 0. The Balaban J connectivity index is 1.19. The average molecular weight is 1280 g/mol. The van der Waals surface area contributed by atoms with E-state index in [0.29, 0.717) is 33.2 Å². The third-order valence-corrected chi connectivity index (χ3v) is 54.7. The minimum atomic E-state index is -1.77. The molecule has 0 bridgehead atoms. The molecule has 0 aliphatic carbocycles. The molecule has 0 saturated heterocycles. The van der Waals surface area contributed by atoms with E-state index < -0.39 is 71.3 Å². The van der Waals surface area contributed by atoms with Crippen LogP contribution in [0.3, 0.4) is 0 Å². The Bertz CT molecular complexity index is 2980. The van der Waals surface area contributed by atoms with Crippen molar-refractivity contribution in [2.45, 2.75) is 45.3 Å². The van der Waals surface area contributed by atoms with E-state index in [1.165, 1.54) is 66.8 Å². The van der Waals surface area contributed by atoms with E-state index in [-0.39, 0.29) is 0 Å². The van der Waals surface area contributed by atoms with Crippen molar-refractivity contribution in [3.63, 3.8) is 0 Å². The van der Waals surface area contributed by atoms with Crippen molar-refractivity contribution >= 4 is 57.1 Å². The summed E-state index contributed by atoms with van der Waals surface area (Å²) < 4.78 is 2.18. The van der Waals surface area contributed by atoms with E-state index in [1.807, 2.05) is 0 Å². The predicted octanol–water partition coefficient (Wildman–Crippen LogP) is 15.5. The quantitative estimate of drug-likeness (QED) is 0.0450. The molecule has 0 heterocycles. The Hall–Kier alpha value is -7.53. The molecule has 0 radical (unpaired) electrons. The van der Waals surface area contributed by atoms with Crippen LogP contribution in [0.4, 0.5) is 0 Å². The molecule has 0 spiro atoms. The number of hydrogen-bond acceptors (Lipinski definition) is 0. The monoisotopic (exact) mass is 1270 g/mol. The Morgan fingerprint density at radius 3 is 0.318 bits per heavy atom. The first kappa shape index (κ1) is 60.7. The van der Waals surface area contributed by atoms with Gasteiger partial charge in [0.2, 0.25) is 0 Å². The normalized spacial score (nSPS) is 13.5. The maximum atomic E-state index is 2.51. The van der Waals surface area contributed by atoms with Gasteiger partial charge in [0.1, 0.15) is 0 Å². The van der Waals surface area contributed by atoms with Gasteiger partial charge in [-0.2, -0.15) is 0 Å². The SMILES string of the molecule is c1ccc(C([SiH2][CH]([SiH2]C(c2ccccc2)c2ccccc2)[Cr]([CH]([SiH2]C(c2ccccc2)c2ccccc2)[SiH2]C(c2ccccc2)c2ccccc2)[CH]([SiH2]C(c2ccccc2)c2ccccc2)[SiH2]C(c2ccccc2)c2ccccc2)c2ccccc2)cc1. The number of rotatable bonds is 27. The van der Waals surface area contributed by atoms with Gasteiger partial charge in [0.25, 0.3) is 0 Å². The van der Waals surface area contributed by atoms with E-state index in [0.717, 1.165) is 12.1 Å². The summed E-state index contributed by atoms with van der Waals surface area (Å²) in [5, 5.41) is 0. The van der Waals surface area contributed by atoms with Crippen LogP contribution in [0.2, 0.25) is 12.1 Å². The summed E-state index contributed by atoms with van der Waals surface area (Å²) in [7, 11) is -5.85. The molecule has 0 aliphatic rings. The van der Waals surface area contributed by atoms with Crippen LogP contribution in [0, 0.1) is 0 Å². The van der Waals surface area contributed by atoms with Crippen molar-refractivity contribution in [3.8, 4) is 0 Å². The van der Waals surface area contributed by atoms with E-state index in [2.05, 4.69) is 364 Å². The van der Waals surface area contributed by atoms with Crippen molar-refractivity contribution in [1.29, 1.82) is 0 Å². The molecule has 0 saturated carbocycles. The Morgan fingerprint density at radius 1 is 0.136 bits per heavy atom. The summed E-state index contributed by atoms with van der Waals surface area (Å²) in [6.45, 7) is 0. The van der Waals surface area contributed by atoms with Crippen molar-refractivity contribution in [2.75, 3.05) is 0 Å². The first-order valence-electron chi connectivity index (χ1n) is 32.0. The fourth-order valence-electron chi connectivity index (χ4n) is 14.4. The van der Waals surface area contributed by atoms with Gasteiger partial charge in [0, 0.05) is 0 Å². The van der Waals surface area contributed by atoms with Crippen LogP contribution in [-0.2, 0) is 14.1 Å². The molecule has 12 aromatic carbocycles. The standard InChI is InChI=1S/3C27H27Si2.Cr/c3*1-5-13-22(14-6-1)26(23-15-7-2-8-16-23)28-21-29-27(24-17-9-3-10-18-24)25-19-11-4-12-20-25;/h3*1-21,26-27H,28-29H2;. The molecule has 12 rings (SSSR count). The van der Waals surface area contributed by atoms with Gasteiger partial charge in [-0.3, -0.25) is 0 Å². The van der Waals surface area contributed by atoms with E-state index in [1.54, 1.807) is 0 Å². The first-order valence-corrected chi connectivity index (χ1v) is 44.0. The van der Waals surface area contributed by atoms with Gasteiger partial charge in [-0.1, -0.05) is 0 Å². The zero-order valence-electron chi connectivity index (χ0n) is 50.5. The molecule has 0 fully saturated rings. The van der Waals surface area contributed by atoms with Gasteiger partial charge >= 0.3 is 547 Å². The van der Waals surface area contributed by atoms with Gasteiger partial charge in [-0.15, -0.1) is 0 Å². The van der Waals surface area contributed by atoms with Crippen molar-refractivity contribution in [3.05, 3.63) is 431 Å². The second-order valence-corrected chi connectivity index (χ2v) is 51.2. The van der Waals surface area contributed by atoms with Crippen molar-refractivity contribution in [2.24, 2.45) is 0 Å². The van der Waals surface area contributed by atoms with Crippen LogP contribution in [0.5, 0.6) is 0 Å². The van der Waals surface area contributed by atoms with Gasteiger partial charge in [-0.05, 0) is 0 Å². The molecular weight excluding hydrogens is 1190 g/mol. The second-order valence-electron chi connectivity index (χ2n) is 23.9. The molecule has 0 atom stereocenters. The van der Waals surface area contributed by atoms with E-state index in [4.69, 9.17) is 0 Å². The molecule has 435 valence electrons. The summed E-state index contributed by atoms with van der Waals surface area (Å²) >= 11 is -1.77. The van der Waals surface area contributed by atoms with Crippen molar-refractivity contribution < 1.29 is 14.1 Å². The zero-order chi connectivity index (χ0) is 59.4. The second kappa shape index (κ2) is 31.6. The fourth-order valence-corrected chi connectivity index (χ4v) is 74.8. The van der Waals surface area contributed by atoms with Gasteiger partial charge in [0.15, 0.2) is 0 Å². The van der Waals surface area contributed by atoms with Crippen LogP contribution < -0.4 is 0 Å². The molecule has 0 aromatic heterocycles. The van der Waals surface area contributed by atoms with Crippen LogP contribution in [-0.4, -0.2) is 57.1 Å². The summed E-state index contributed by atoms with van der Waals surface area (Å²) in [5.74, 6) is 0. The maximum absolute atomic E-state index is 2.51. The predicted molar refractivity (Wildman–Crippen MR) is 391 cm³/mol. The fraction of sp³-hybridized carbons (Fsp3) is 0.111. The third-order valence-electron chi connectivity index (χ3n) is 18.6. The summed E-state index contributed by atoms with van der Waals surface area (Å²) in [5.41, 5.74) is 20.6. The Labute approximate surface area is 543 Å². The summed E-state index contributed by atoms with van der Waals surface area (Å²) in [6, 6.07) is 143. The molecule has 0 unspecified atom stereocenters. The van der Waals surface area contributed by atoms with Crippen molar-refractivity contribution in [1.82, 2.24) is 0 Å². The molecule has 0 aliphatic heterocycles. The number of hydrogen-bond donors (Lipinski definition) is 0. The van der Waals surface area contributed by atoms with Crippen LogP contribution >= 0.6 is 0 Å². The van der Waals surface area contributed by atoms with E-state index >= 15 is 0 Å². The van der Waals surface area contributed by atoms with Crippen LogP contribution in [0.1, 0.15) is 100 Å².